The number of rotatable bonds is 6. The number of fused-ring (bicyclic) bond motifs is 1. The molecule has 0 unspecified atom stereocenters. The molecule has 0 aliphatic rings. The van der Waals surface area contributed by atoms with Gasteiger partial charge in [0.05, 0.1) is 43.3 Å². The highest BCUT2D eigenvalue weighted by atomic mass is 16.5. The summed E-state index contributed by atoms with van der Waals surface area (Å²) >= 11 is 0. The average Bonchev–Trinajstić information content (AvgIpc) is 3.04. The minimum absolute atomic E-state index is 0.499. The molecule has 0 bridgehead atoms. The first-order valence-corrected chi connectivity index (χ1v) is 7.93. The van der Waals surface area contributed by atoms with Gasteiger partial charge in [-0.3, -0.25) is 0 Å². The van der Waals surface area contributed by atoms with E-state index in [1.807, 2.05) is 34.8 Å². The third-order valence-electron chi connectivity index (χ3n) is 4.03. The van der Waals surface area contributed by atoms with Gasteiger partial charge in [-0.2, -0.15) is 5.10 Å². The first-order valence-electron chi connectivity index (χ1n) is 7.93. The van der Waals surface area contributed by atoms with Gasteiger partial charge < -0.3 is 14.2 Å². The summed E-state index contributed by atoms with van der Waals surface area (Å²) < 4.78 is 18.4. The van der Waals surface area contributed by atoms with Crippen molar-refractivity contribution in [3.63, 3.8) is 0 Å². The molecule has 0 radical (unpaired) electrons. The molecule has 1 aromatic carbocycles. The van der Waals surface area contributed by atoms with E-state index in [1.165, 1.54) is 0 Å². The highest BCUT2D eigenvalue weighted by Crippen LogP contribution is 2.39. The molecule has 5 nitrogen and oxygen atoms in total. The normalized spacial score (nSPS) is 11.0. The van der Waals surface area contributed by atoms with Crippen LogP contribution < -0.4 is 9.47 Å². The van der Waals surface area contributed by atoms with E-state index in [9.17, 15) is 0 Å². The van der Waals surface area contributed by atoms with Gasteiger partial charge in [-0.1, -0.05) is 13.0 Å². The van der Waals surface area contributed by atoms with Crippen LogP contribution in [0.3, 0.4) is 0 Å². The van der Waals surface area contributed by atoms with Gasteiger partial charge in [-0.05, 0) is 42.3 Å². The van der Waals surface area contributed by atoms with Gasteiger partial charge in [-0.15, -0.1) is 0 Å². The summed E-state index contributed by atoms with van der Waals surface area (Å²) in [6, 6.07) is 12.1. The van der Waals surface area contributed by atoms with E-state index in [1.54, 1.807) is 21.3 Å². The molecule has 0 aliphatic heterocycles. The third kappa shape index (κ3) is 2.83. The number of aromatic nitrogens is 2. The molecule has 24 heavy (non-hydrogen) atoms. The van der Waals surface area contributed by atoms with Crippen LogP contribution in [0.15, 0.2) is 36.4 Å². The lowest BCUT2D eigenvalue weighted by Crippen LogP contribution is -2.01. The molecule has 0 amide bonds. The van der Waals surface area contributed by atoms with Gasteiger partial charge in [0.15, 0.2) is 0 Å². The predicted molar refractivity (Wildman–Crippen MR) is 93.8 cm³/mol. The van der Waals surface area contributed by atoms with E-state index in [0.29, 0.717) is 6.61 Å². The Bertz CT molecular complexity index is 830. The van der Waals surface area contributed by atoms with E-state index < -0.39 is 0 Å². The van der Waals surface area contributed by atoms with Crippen LogP contribution in [0.4, 0.5) is 0 Å². The topological polar surface area (TPSA) is 45.0 Å². The van der Waals surface area contributed by atoms with Gasteiger partial charge in [0.2, 0.25) is 0 Å². The van der Waals surface area contributed by atoms with Crippen LogP contribution >= 0.6 is 0 Å². The summed E-state index contributed by atoms with van der Waals surface area (Å²) in [6.07, 6.45) is 0.891. The number of nitrogens with zero attached hydrogens (tertiary/aromatic N) is 2. The summed E-state index contributed by atoms with van der Waals surface area (Å²) in [5, 5.41) is 4.70. The number of ether oxygens (including phenoxy) is 3. The monoisotopic (exact) mass is 326 g/mol. The summed E-state index contributed by atoms with van der Waals surface area (Å²) in [5.74, 6) is 1.48. The van der Waals surface area contributed by atoms with Crippen molar-refractivity contribution in [3.8, 4) is 22.8 Å². The standard InChI is InChI=1S/C19H22N2O3/c1-5-14-11-15-7-6-8-16(21(15)20-14)19-17(23-3)9-13(12-22-2)10-18(19)24-4/h6-11H,5,12H2,1-4H3. The molecule has 2 heterocycles. The molecule has 5 heteroatoms. The Morgan fingerprint density at radius 1 is 1.00 bits per heavy atom. The quantitative estimate of drug-likeness (QED) is 0.692. The molecule has 0 saturated heterocycles. The summed E-state index contributed by atoms with van der Waals surface area (Å²) in [5.41, 5.74) is 4.92. The van der Waals surface area contributed by atoms with Crippen LogP contribution in [-0.2, 0) is 17.8 Å². The zero-order valence-electron chi connectivity index (χ0n) is 14.5. The lowest BCUT2D eigenvalue weighted by molar-refractivity contribution is 0.184. The minimum Gasteiger partial charge on any atom is -0.496 e. The maximum Gasteiger partial charge on any atom is 0.132 e. The van der Waals surface area contributed by atoms with Crippen LogP contribution in [0.5, 0.6) is 11.5 Å². The number of hydrogen-bond donors (Lipinski definition) is 0. The van der Waals surface area contributed by atoms with Crippen molar-refractivity contribution >= 4 is 5.52 Å². The van der Waals surface area contributed by atoms with Crippen LogP contribution in [-0.4, -0.2) is 30.9 Å². The van der Waals surface area contributed by atoms with Gasteiger partial charge in [0, 0.05) is 7.11 Å². The first kappa shape index (κ1) is 16.3. The molecule has 0 spiro atoms. The van der Waals surface area contributed by atoms with Crippen LogP contribution in [0.25, 0.3) is 16.8 Å². The fourth-order valence-corrected chi connectivity index (χ4v) is 2.90. The molecule has 3 rings (SSSR count). The molecule has 0 saturated carbocycles. The third-order valence-corrected chi connectivity index (χ3v) is 4.03. The molecule has 0 atom stereocenters. The SMILES string of the molecule is CCc1cc2cccc(-c3c(OC)cc(COC)cc3OC)n2n1. The van der Waals surface area contributed by atoms with Crippen LogP contribution in [0, 0.1) is 0 Å². The lowest BCUT2D eigenvalue weighted by Gasteiger charge is -2.16. The van der Waals surface area contributed by atoms with Gasteiger partial charge >= 0.3 is 0 Å². The van der Waals surface area contributed by atoms with Crippen molar-refractivity contribution in [1.29, 1.82) is 0 Å². The van der Waals surface area contributed by atoms with E-state index in [0.717, 1.165) is 46.0 Å². The van der Waals surface area contributed by atoms with Crippen molar-refractivity contribution in [2.45, 2.75) is 20.0 Å². The second kappa shape index (κ2) is 6.93. The van der Waals surface area contributed by atoms with Gasteiger partial charge in [-0.25, -0.2) is 4.52 Å². The van der Waals surface area contributed by atoms with Crippen molar-refractivity contribution in [3.05, 3.63) is 47.7 Å². The Hall–Kier alpha value is -2.53. The zero-order valence-corrected chi connectivity index (χ0v) is 14.5. The predicted octanol–water partition coefficient (Wildman–Crippen LogP) is 3.73. The first-order chi connectivity index (χ1) is 11.7. The average molecular weight is 326 g/mol. The second-order valence-electron chi connectivity index (χ2n) is 5.55. The Morgan fingerprint density at radius 3 is 2.29 bits per heavy atom. The maximum atomic E-state index is 5.63. The molecule has 3 aromatic rings. The van der Waals surface area contributed by atoms with E-state index in [4.69, 9.17) is 19.3 Å². The molecular weight excluding hydrogens is 304 g/mol. The minimum atomic E-state index is 0.499. The highest BCUT2D eigenvalue weighted by Gasteiger charge is 2.18. The number of hydrogen-bond acceptors (Lipinski definition) is 4. The van der Waals surface area contributed by atoms with Crippen LogP contribution in [0.2, 0.25) is 0 Å². The fourth-order valence-electron chi connectivity index (χ4n) is 2.90. The Morgan fingerprint density at radius 2 is 1.71 bits per heavy atom. The largest absolute Gasteiger partial charge is 0.496 e. The lowest BCUT2D eigenvalue weighted by atomic mass is 10.0. The molecule has 0 aliphatic carbocycles. The molecule has 126 valence electrons. The van der Waals surface area contributed by atoms with E-state index in [2.05, 4.69) is 13.0 Å². The molecule has 0 fully saturated rings. The van der Waals surface area contributed by atoms with E-state index in [-0.39, 0.29) is 0 Å². The molecule has 2 aromatic heterocycles. The van der Waals surface area contributed by atoms with Crippen LogP contribution in [0.1, 0.15) is 18.2 Å². The van der Waals surface area contributed by atoms with Gasteiger partial charge in [0.25, 0.3) is 0 Å². The Labute approximate surface area is 141 Å². The Kier molecular flexibility index (Phi) is 4.71. The van der Waals surface area contributed by atoms with Gasteiger partial charge in [0.1, 0.15) is 11.5 Å². The number of pyridine rings is 1. The second-order valence-corrected chi connectivity index (χ2v) is 5.55. The zero-order chi connectivity index (χ0) is 17.1. The summed E-state index contributed by atoms with van der Waals surface area (Å²) in [6.45, 7) is 2.60. The number of methoxy groups -OCH3 is 3. The number of benzene rings is 1. The van der Waals surface area contributed by atoms with E-state index >= 15 is 0 Å². The van der Waals surface area contributed by atoms with Crippen molar-refractivity contribution in [1.82, 2.24) is 9.61 Å². The maximum absolute atomic E-state index is 5.63. The molecular formula is C19H22N2O3. The van der Waals surface area contributed by atoms with Crippen molar-refractivity contribution in [2.24, 2.45) is 0 Å². The summed E-state index contributed by atoms with van der Waals surface area (Å²) in [4.78, 5) is 0. The summed E-state index contributed by atoms with van der Waals surface area (Å²) in [7, 11) is 4.99. The Balaban J connectivity index is 2.26. The van der Waals surface area contributed by atoms with Crippen molar-refractivity contribution in [2.75, 3.05) is 21.3 Å². The highest BCUT2D eigenvalue weighted by molar-refractivity contribution is 5.77. The van der Waals surface area contributed by atoms with Crippen molar-refractivity contribution < 1.29 is 14.2 Å². The molecule has 0 N–H and O–H groups in total. The fraction of sp³-hybridized carbons (Fsp3) is 0.316. The number of aryl methyl sites for hydroxylation is 1. The smallest absolute Gasteiger partial charge is 0.132 e.